The van der Waals surface area contributed by atoms with Crippen molar-refractivity contribution >= 4 is 33.2 Å². The zero-order chi connectivity index (χ0) is 23.7. The van der Waals surface area contributed by atoms with Gasteiger partial charge in [0, 0.05) is 41.7 Å². The van der Waals surface area contributed by atoms with E-state index in [1.807, 2.05) is 6.92 Å². The van der Waals surface area contributed by atoms with E-state index in [4.69, 9.17) is 19.9 Å². The molecule has 1 amide bonds. The molecule has 2 aromatic rings. The number of nitrogens with one attached hydrogen (secondary N) is 1. The van der Waals surface area contributed by atoms with Crippen molar-refractivity contribution in [2.24, 2.45) is 5.73 Å². The monoisotopic (exact) mass is 482 g/mol. The molecule has 32 heavy (non-hydrogen) atoms. The van der Waals surface area contributed by atoms with E-state index in [-0.39, 0.29) is 29.1 Å². The van der Waals surface area contributed by atoms with Gasteiger partial charge >= 0.3 is 5.69 Å². The molecule has 0 saturated carbocycles. The minimum absolute atomic E-state index is 0.0164. The number of carbonyl (C=O) groups is 1. The fraction of sp³-hybridized carbons (Fsp3) is 0.400. The molecule has 0 aliphatic heterocycles. The number of hydrogen-bond acceptors (Lipinski definition) is 10. The molecule has 0 radical (unpaired) electrons. The summed E-state index contributed by atoms with van der Waals surface area (Å²) in [5, 5.41) is 15.0. The molecule has 12 heteroatoms. The maximum absolute atomic E-state index is 11.3. The molecule has 0 fully saturated rings. The number of primary amides is 1. The summed E-state index contributed by atoms with van der Waals surface area (Å²) in [7, 11) is 7.04. The van der Waals surface area contributed by atoms with Crippen LogP contribution in [0, 0.1) is 10.1 Å². The number of rotatable bonds is 13. The Labute approximate surface area is 194 Å². The lowest BCUT2D eigenvalue weighted by molar-refractivity contribution is -0.388. The smallest absolute Gasteiger partial charge is 0.302 e. The summed E-state index contributed by atoms with van der Waals surface area (Å²) in [5.41, 5.74) is 5.95. The highest BCUT2D eigenvalue weighted by atomic mass is 33.1. The number of aromatic nitrogens is 1. The second kappa shape index (κ2) is 12.4. The number of benzene rings is 1. The molecule has 0 aliphatic carbocycles. The Morgan fingerprint density at radius 2 is 1.97 bits per heavy atom. The second-order valence-electron chi connectivity index (χ2n) is 6.66. The fourth-order valence-electron chi connectivity index (χ4n) is 2.84. The predicted octanol–water partition coefficient (Wildman–Crippen LogP) is 3.56. The van der Waals surface area contributed by atoms with Crippen LogP contribution in [0.3, 0.4) is 0 Å². The van der Waals surface area contributed by atoms with Gasteiger partial charge in [-0.05, 0) is 36.3 Å². The van der Waals surface area contributed by atoms with Gasteiger partial charge < -0.3 is 25.3 Å². The highest BCUT2D eigenvalue weighted by Gasteiger charge is 2.23. The van der Waals surface area contributed by atoms with E-state index in [0.717, 1.165) is 10.5 Å². The van der Waals surface area contributed by atoms with Gasteiger partial charge in [0.1, 0.15) is 0 Å². The van der Waals surface area contributed by atoms with Crippen molar-refractivity contribution in [2.75, 3.05) is 21.3 Å². The number of hydrogen-bond donors (Lipinski definition) is 2. The maximum Gasteiger partial charge on any atom is 0.302 e. The predicted molar refractivity (Wildman–Crippen MR) is 123 cm³/mol. The van der Waals surface area contributed by atoms with Crippen molar-refractivity contribution in [3.05, 3.63) is 40.1 Å². The van der Waals surface area contributed by atoms with Crippen LogP contribution in [-0.4, -0.2) is 43.2 Å². The summed E-state index contributed by atoms with van der Waals surface area (Å²) in [6, 6.07) is 4.74. The molecule has 1 aromatic heterocycles. The van der Waals surface area contributed by atoms with E-state index >= 15 is 0 Å². The molecule has 1 heterocycles. The lowest BCUT2D eigenvalue weighted by Gasteiger charge is -2.21. The quantitative estimate of drug-likeness (QED) is 0.247. The molecule has 0 spiro atoms. The van der Waals surface area contributed by atoms with E-state index in [1.54, 1.807) is 6.07 Å². The first-order valence-corrected chi connectivity index (χ1v) is 11.7. The Morgan fingerprint density at radius 3 is 2.56 bits per heavy atom. The van der Waals surface area contributed by atoms with Crippen LogP contribution in [0.1, 0.15) is 25.3 Å². The van der Waals surface area contributed by atoms with Crippen LogP contribution in [0.15, 0.2) is 34.3 Å². The van der Waals surface area contributed by atoms with Crippen LogP contribution in [0.5, 0.6) is 17.2 Å². The Balaban J connectivity index is 2.37. The molecule has 10 nitrogen and oxygen atoms in total. The summed E-state index contributed by atoms with van der Waals surface area (Å²) in [5.74, 6) is 1.04. The first-order chi connectivity index (χ1) is 15.3. The summed E-state index contributed by atoms with van der Waals surface area (Å²) in [4.78, 5) is 26.8. The molecule has 2 rings (SSSR count). The number of nitrogens with two attached hydrogens (primary N) is 1. The first-order valence-electron chi connectivity index (χ1n) is 9.59. The number of methoxy groups -OCH3 is 3. The molecular formula is C20H26N4O6S2. The van der Waals surface area contributed by atoms with Gasteiger partial charge in [0.2, 0.25) is 11.7 Å². The number of carbonyl (C=O) groups excluding carboxylic acids is 1. The van der Waals surface area contributed by atoms with Crippen molar-refractivity contribution in [3.63, 3.8) is 0 Å². The Hall–Kier alpha value is -2.70. The van der Waals surface area contributed by atoms with Gasteiger partial charge in [0.25, 0.3) is 0 Å². The van der Waals surface area contributed by atoms with E-state index in [9.17, 15) is 14.9 Å². The minimum Gasteiger partial charge on any atom is -0.493 e. The second-order valence-corrected chi connectivity index (χ2v) is 8.82. The number of ether oxygens (including phenoxy) is 3. The Morgan fingerprint density at radius 1 is 1.25 bits per heavy atom. The molecule has 1 aromatic carbocycles. The highest BCUT2D eigenvalue weighted by molar-refractivity contribution is 8.76. The number of amides is 1. The van der Waals surface area contributed by atoms with Crippen LogP contribution in [0.4, 0.5) is 5.69 Å². The number of nitrogens with zero attached hydrogens (tertiary/aromatic N) is 2. The lowest BCUT2D eigenvalue weighted by Crippen LogP contribution is -2.27. The van der Waals surface area contributed by atoms with Crippen LogP contribution < -0.4 is 25.3 Å². The van der Waals surface area contributed by atoms with Crippen molar-refractivity contribution in [3.8, 4) is 17.2 Å². The van der Waals surface area contributed by atoms with Crippen LogP contribution in [-0.2, 0) is 11.3 Å². The Bertz CT molecular complexity index is 960. The largest absolute Gasteiger partial charge is 0.493 e. The van der Waals surface area contributed by atoms with Crippen LogP contribution in [0.25, 0.3) is 0 Å². The van der Waals surface area contributed by atoms with Crippen molar-refractivity contribution < 1.29 is 23.9 Å². The summed E-state index contributed by atoms with van der Waals surface area (Å²) in [6.45, 7) is 2.35. The molecule has 1 atom stereocenters. The standard InChI is InChI=1S/C20H26N4O6S2/c1-12(7-8-17(21)25)23-11-13-16(10-15(28-2)19(30-4)18(13)29-3)31-32-20-14(24(26)27)6-5-9-22-20/h5-6,9-10,12,23H,7-8,11H2,1-4H3,(H2,21,25)/t12-/m1/s1. The molecular weight excluding hydrogens is 456 g/mol. The van der Waals surface area contributed by atoms with Gasteiger partial charge in [-0.25, -0.2) is 4.98 Å². The highest BCUT2D eigenvalue weighted by Crippen LogP contribution is 2.49. The number of pyridine rings is 1. The molecule has 174 valence electrons. The van der Waals surface area contributed by atoms with Crippen molar-refractivity contribution in [1.29, 1.82) is 0 Å². The van der Waals surface area contributed by atoms with Gasteiger partial charge in [0.15, 0.2) is 16.5 Å². The van der Waals surface area contributed by atoms with Crippen LogP contribution >= 0.6 is 21.6 Å². The van der Waals surface area contributed by atoms with Crippen molar-refractivity contribution in [1.82, 2.24) is 10.3 Å². The Kier molecular flexibility index (Phi) is 9.88. The zero-order valence-electron chi connectivity index (χ0n) is 18.2. The topological polar surface area (TPSA) is 139 Å². The average molecular weight is 483 g/mol. The third-order valence-electron chi connectivity index (χ3n) is 4.50. The van der Waals surface area contributed by atoms with Gasteiger partial charge in [-0.3, -0.25) is 14.9 Å². The minimum atomic E-state index is -0.464. The van der Waals surface area contributed by atoms with Crippen molar-refractivity contribution in [2.45, 2.75) is 42.3 Å². The average Bonchev–Trinajstić information content (AvgIpc) is 2.79. The van der Waals surface area contributed by atoms with Crippen LogP contribution in [0.2, 0.25) is 0 Å². The molecule has 0 saturated heterocycles. The zero-order valence-corrected chi connectivity index (χ0v) is 19.9. The van der Waals surface area contributed by atoms with E-state index in [2.05, 4.69) is 10.3 Å². The SMILES string of the molecule is COc1cc(SSc2ncccc2[N+](=O)[O-])c(CN[C@H](C)CCC(N)=O)c(OC)c1OC. The lowest BCUT2D eigenvalue weighted by atomic mass is 10.1. The van der Waals surface area contributed by atoms with Gasteiger partial charge in [-0.1, -0.05) is 10.8 Å². The van der Waals surface area contributed by atoms with E-state index in [0.29, 0.717) is 30.2 Å². The van der Waals surface area contributed by atoms with E-state index in [1.165, 1.54) is 61.2 Å². The first kappa shape index (κ1) is 25.6. The van der Waals surface area contributed by atoms with Gasteiger partial charge in [-0.2, -0.15) is 0 Å². The third kappa shape index (κ3) is 6.65. The third-order valence-corrected chi connectivity index (χ3v) is 6.86. The summed E-state index contributed by atoms with van der Waals surface area (Å²) < 4.78 is 16.6. The van der Waals surface area contributed by atoms with Gasteiger partial charge in [0.05, 0.1) is 26.3 Å². The molecule has 0 bridgehead atoms. The molecule has 0 aliphatic rings. The maximum atomic E-state index is 11.3. The summed E-state index contributed by atoms with van der Waals surface area (Å²) in [6.07, 6.45) is 2.37. The fourth-order valence-corrected chi connectivity index (χ4v) is 5.10. The number of nitro groups is 1. The van der Waals surface area contributed by atoms with E-state index < -0.39 is 4.92 Å². The van der Waals surface area contributed by atoms with Gasteiger partial charge in [-0.15, -0.1) is 0 Å². The normalized spacial score (nSPS) is 11.6. The molecule has 3 N–H and O–H groups in total. The summed E-state index contributed by atoms with van der Waals surface area (Å²) >= 11 is 0. The molecule has 0 unspecified atom stereocenters.